The smallest absolute Gasteiger partial charge is 0.128 e. The van der Waals surface area contributed by atoms with Crippen LogP contribution in [0.5, 0.6) is 0 Å². The van der Waals surface area contributed by atoms with Gasteiger partial charge in [-0.25, -0.2) is 9.97 Å². The van der Waals surface area contributed by atoms with Crippen molar-refractivity contribution in [2.24, 2.45) is 0 Å². The predicted octanol–water partition coefficient (Wildman–Crippen LogP) is 3.58. The molecule has 2 aromatic rings. The molecule has 0 fully saturated rings. The first-order valence-electron chi connectivity index (χ1n) is 6.63. The molecule has 0 saturated heterocycles. The third-order valence-corrected chi connectivity index (χ3v) is 3.77. The van der Waals surface area contributed by atoms with E-state index in [2.05, 4.69) is 34.4 Å². The van der Waals surface area contributed by atoms with E-state index < -0.39 is 0 Å². The van der Waals surface area contributed by atoms with Gasteiger partial charge in [0, 0.05) is 30.6 Å². The number of nitrogens with one attached hydrogen (secondary N) is 2. The van der Waals surface area contributed by atoms with Crippen molar-refractivity contribution in [2.45, 2.75) is 26.2 Å². The van der Waals surface area contributed by atoms with E-state index in [-0.39, 0.29) is 0 Å². The molecule has 1 unspecified atom stereocenters. The second-order valence-corrected chi connectivity index (χ2v) is 5.41. The minimum atomic E-state index is 0.397. The summed E-state index contributed by atoms with van der Waals surface area (Å²) in [5, 5.41) is 9.83. The van der Waals surface area contributed by atoms with Crippen molar-refractivity contribution in [2.75, 3.05) is 23.7 Å². The Kier molecular flexibility index (Phi) is 5.15. The zero-order chi connectivity index (χ0) is 13.5. The van der Waals surface area contributed by atoms with Gasteiger partial charge in [0.15, 0.2) is 0 Å². The van der Waals surface area contributed by atoms with Crippen molar-refractivity contribution in [1.29, 1.82) is 0 Å². The number of nitrogens with zero attached hydrogens (tertiary/aromatic N) is 2. The number of anilines is 2. The Labute approximate surface area is 118 Å². The minimum absolute atomic E-state index is 0.397. The maximum atomic E-state index is 4.52. The first-order chi connectivity index (χ1) is 9.29. The fourth-order valence-corrected chi connectivity index (χ4v) is 2.41. The Morgan fingerprint density at radius 3 is 2.74 bits per heavy atom. The van der Waals surface area contributed by atoms with Crippen LogP contribution in [0.15, 0.2) is 29.8 Å². The van der Waals surface area contributed by atoms with Crippen molar-refractivity contribution in [3.8, 4) is 0 Å². The van der Waals surface area contributed by atoms with Crippen LogP contribution < -0.4 is 10.6 Å². The maximum Gasteiger partial charge on any atom is 0.128 e. The van der Waals surface area contributed by atoms with Gasteiger partial charge in [0.1, 0.15) is 11.6 Å². The van der Waals surface area contributed by atoms with Crippen LogP contribution in [0.1, 0.15) is 31.2 Å². The van der Waals surface area contributed by atoms with Crippen molar-refractivity contribution in [3.05, 3.63) is 34.8 Å². The molecule has 0 bridgehead atoms. The third kappa shape index (κ3) is 4.21. The lowest BCUT2D eigenvalue weighted by Gasteiger charge is -2.12. The molecule has 0 saturated carbocycles. The van der Waals surface area contributed by atoms with E-state index in [0.29, 0.717) is 5.92 Å². The summed E-state index contributed by atoms with van der Waals surface area (Å²) < 4.78 is 0. The summed E-state index contributed by atoms with van der Waals surface area (Å²) in [6.45, 7) is 6.11. The molecule has 0 amide bonds. The summed E-state index contributed by atoms with van der Waals surface area (Å²) in [4.78, 5) is 8.86. The molecule has 0 spiro atoms. The van der Waals surface area contributed by atoms with Gasteiger partial charge in [-0.05, 0) is 18.6 Å². The van der Waals surface area contributed by atoms with Crippen molar-refractivity contribution >= 4 is 23.0 Å². The van der Waals surface area contributed by atoms with Gasteiger partial charge in [0.05, 0.1) is 5.01 Å². The number of rotatable bonds is 7. The lowest BCUT2D eigenvalue weighted by molar-refractivity contribution is 0.792. The monoisotopic (exact) mass is 276 g/mol. The molecule has 0 aromatic carbocycles. The molecule has 102 valence electrons. The summed E-state index contributed by atoms with van der Waals surface area (Å²) in [6, 6.07) is 6.00. The van der Waals surface area contributed by atoms with Gasteiger partial charge in [-0.2, -0.15) is 0 Å². The standard InChI is InChI=1S/C14H20N4S/c1-3-7-15-12-5-4-6-13(18-12)17-10-11(2)14-16-8-9-19-14/h4-6,8-9,11H,3,7,10H2,1-2H3,(H2,15,17,18). The van der Waals surface area contributed by atoms with E-state index in [1.807, 2.05) is 29.8 Å². The van der Waals surface area contributed by atoms with Gasteiger partial charge < -0.3 is 10.6 Å². The number of pyridine rings is 1. The lowest BCUT2D eigenvalue weighted by atomic mass is 10.2. The highest BCUT2D eigenvalue weighted by Crippen LogP contribution is 2.18. The second-order valence-electron chi connectivity index (χ2n) is 4.49. The summed E-state index contributed by atoms with van der Waals surface area (Å²) in [5.41, 5.74) is 0. The summed E-state index contributed by atoms with van der Waals surface area (Å²) >= 11 is 1.70. The van der Waals surface area contributed by atoms with Crippen LogP contribution >= 0.6 is 11.3 Å². The van der Waals surface area contributed by atoms with Crippen LogP contribution in [0.25, 0.3) is 0 Å². The maximum absolute atomic E-state index is 4.52. The Morgan fingerprint density at radius 1 is 1.26 bits per heavy atom. The van der Waals surface area contributed by atoms with E-state index in [4.69, 9.17) is 0 Å². The Morgan fingerprint density at radius 2 is 2.05 bits per heavy atom. The van der Waals surface area contributed by atoms with Crippen LogP contribution in [-0.4, -0.2) is 23.1 Å². The topological polar surface area (TPSA) is 49.8 Å². The van der Waals surface area contributed by atoms with Gasteiger partial charge in [-0.3, -0.25) is 0 Å². The molecule has 2 rings (SSSR count). The fraction of sp³-hybridized carbons (Fsp3) is 0.429. The summed E-state index contributed by atoms with van der Waals surface area (Å²) in [7, 11) is 0. The third-order valence-electron chi connectivity index (χ3n) is 2.77. The summed E-state index contributed by atoms with van der Waals surface area (Å²) in [6.07, 6.45) is 2.95. The van der Waals surface area contributed by atoms with Crippen LogP contribution in [0.4, 0.5) is 11.6 Å². The van der Waals surface area contributed by atoms with Crippen LogP contribution in [0.3, 0.4) is 0 Å². The van der Waals surface area contributed by atoms with Crippen LogP contribution in [0, 0.1) is 0 Å². The molecule has 0 aliphatic heterocycles. The van der Waals surface area contributed by atoms with Gasteiger partial charge >= 0.3 is 0 Å². The van der Waals surface area contributed by atoms with Gasteiger partial charge in [-0.1, -0.05) is 19.9 Å². The highest BCUT2D eigenvalue weighted by atomic mass is 32.1. The highest BCUT2D eigenvalue weighted by molar-refractivity contribution is 7.09. The first-order valence-corrected chi connectivity index (χ1v) is 7.51. The van der Waals surface area contributed by atoms with Crippen LogP contribution in [0.2, 0.25) is 0 Å². The van der Waals surface area contributed by atoms with E-state index in [1.54, 1.807) is 11.3 Å². The fourth-order valence-electron chi connectivity index (χ4n) is 1.71. The van der Waals surface area contributed by atoms with E-state index in [1.165, 1.54) is 0 Å². The normalized spacial score (nSPS) is 12.1. The molecule has 0 aliphatic carbocycles. The molecule has 1 atom stereocenters. The van der Waals surface area contributed by atoms with Crippen LogP contribution in [-0.2, 0) is 0 Å². The summed E-state index contributed by atoms with van der Waals surface area (Å²) in [5.74, 6) is 2.23. The van der Waals surface area contributed by atoms with Crippen molar-refractivity contribution in [1.82, 2.24) is 9.97 Å². The van der Waals surface area contributed by atoms with Gasteiger partial charge in [0.2, 0.25) is 0 Å². The molecule has 19 heavy (non-hydrogen) atoms. The highest BCUT2D eigenvalue weighted by Gasteiger charge is 2.08. The molecule has 4 nitrogen and oxygen atoms in total. The largest absolute Gasteiger partial charge is 0.370 e. The molecule has 0 aliphatic rings. The number of hydrogen-bond acceptors (Lipinski definition) is 5. The minimum Gasteiger partial charge on any atom is -0.370 e. The Balaban J connectivity index is 1.88. The molecule has 2 aromatic heterocycles. The number of thiazole rings is 1. The molecular weight excluding hydrogens is 256 g/mol. The SMILES string of the molecule is CCCNc1cccc(NCC(C)c2nccs2)n1. The first kappa shape index (κ1) is 13.8. The predicted molar refractivity (Wildman–Crippen MR) is 82.0 cm³/mol. The number of hydrogen-bond donors (Lipinski definition) is 2. The average Bonchev–Trinajstić information content (AvgIpc) is 2.97. The van der Waals surface area contributed by atoms with E-state index in [9.17, 15) is 0 Å². The van der Waals surface area contributed by atoms with E-state index in [0.717, 1.165) is 36.2 Å². The van der Waals surface area contributed by atoms with E-state index >= 15 is 0 Å². The van der Waals surface area contributed by atoms with Crippen molar-refractivity contribution in [3.63, 3.8) is 0 Å². The zero-order valence-corrected chi connectivity index (χ0v) is 12.2. The molecule has 2 N–H and O–H groups in total. The lowest BCUT2D eigenvalue weighted by Crippen LogP contribution is -2.11. The van der Waals surface area contributed by atoms with Gasteiger partial charge in [-0.15, -0.1) is 11.3 Å². The van der Waals surface area contributed by atoms with Gasteiger partial charge in [0.25, 0.3) is 0 Å². The quantitative estimate of drug-likeness (QED) is 0.811. The average molecular weight is 276 g/mol. The number of aromatic nitrogens is 2. The molecule has 0 radical (unpaired) electrons. The molecule has 2 heterocycles. The van der Waals surface area contributed by atoms with Crippen molar-refractivity contribution < 1.29 is 0 Å². The Bertz CT molecular complexity index is 484. The zero-order valence-electron chi connectivity index (χ0n) is 11.4. The second kappa shape index (κ2) is 7.09. The molecular formula is C14H20N4S. The Hall–Kier alpha value is -1.62. The molecule has 5 heteroatoms.